The molecule has 2 aliphatic rings. The van der Waals surface area contributed by atoms with Crippen LogP contribution in [-0.2, 0) is 34.3 Å². The molecule has 7 nitrogen and oxygen atoms in total. The van der Waals surface area contributed by atoms with E-state index in [1.165, 1.54) is 4.90 Å². The maximum atomic E-state index is 14.4. The number of nitrogens with one attached hydrogen (secondary N) is 1. The van der Waals surface area contributed by atoms with Crippen molar-refractivity contribution in [1.82, 2.24) is 15.1 Å². The number of carbonyl (C=O) groups is 2. The van der Waals surface area contributed by atoms with Crippen LogP contribution in [0.25, 0.3) is 0 Å². The van der Waals surface area contributed by atoms with Gasteiger partial charge >= 0.3 is 6.18 Å². The van der Waals surface area contributed by atoms with Crippen molar-refractivity contribution < 1.29 is 37.0 Å². The number of alkyl halides is 3. The Kier molecular flexibility index (Phi) is 8.86. The molecule has 0 bridgehead atoms. The van der Waals surface area contributed by atoms with Gasteiger partial charge in [0.2, 0.25) is 5.91 Å². The minimum atomic E-state index is -4.79. The molecule has 2 N–H and O–H groups in total. The van der Waals surface area contributed by atoms with Gasteiger partial charge in [-0.05, 0) is 53.4 Å². The van der Waals surface area contributed by atoms with E-state index in [2.05, 4.69) is 10.2 Å². The van der Waals surface area contributed by atoms with E-state index in [1.807, 2.05) is 0 Å². The SMILES string of the molecule is C[C@]1(C(=O)NCCN2CCOCC2)c2ccccc2C(=O)N(Cc2cc(F)cc(C(F)(F)F)c2)[C@H]1c1ccc(CO)cc1. The molecular formula is C32H33F4N3O4. The van der Waals surface area contributed by atoms with Crippen LogP contribution < -0.4 is 5.32 Å². The van der Waals surface area contributed by atoms with E-state index in [0.717, 1.165) is 25.2 Å². The van der Waals surface area contributed by atoms with Crippen LogP contribution >= 0.6 is 0 Å². The number of hydrogen-bond acceptors (Lipinski definition) is 5. The number of carbonyl (C=O) groups excluding carboxylic acids is 2. The molecule has 2 heterocycles. The highest BCUT2D eigenvalue weighted by molar-refractivity contribution is 6.03. The third kappa shape index (κ3) is 6.29. The number of ether oxygens (including phenoxy) is 1. The molecule has 2 atom stereocenters. The van der Waals surface area contributed by atoms with Crippen molar-refractivity contribution in [2.75, 3.05) is 39.4 Å². The predicted molar refractivity (Wildman–Crippen MR) is 150 cm³/mol. The molecule has 1 saturated heterocycles. The Morgan fingerprint density at radius 2 is 1.74 bits per heavy atom. The molecule has 0 aliphatic carbocycles. The standard InChI is InChI=1S/C32H33F4N3O4/c1-31(30(42)37-10-11-38-12-14-43-15-13-38)27-5-3-2-4-26(27)29(41)39(28(31)23-8-6-21(20-40)7-9-23)19-22-16-24(32(34,35)36)18-25(33)17-22/h2-9,16-18,28,40H,10-15,19-20H2,1H3,(H,37,42)/t28-,31-/m0/s1. The molecule has 3 aromatic carbocycles. The van der Waals surface area contributed by atoms with Crippen LogP contribution in [0.3, 0.4) is 0 Å². The summed E-state index contributed by atoms with van der Waals surface area (Å²) in [6.45, 7) is 4.74. The fourth-order valence-corrected chi connectivity index (χ4v) is 6.02. The summed E-state index contributed by atoms with van der Waals surface area (Å²) in [5.41, 5.74) is -0.744. The monoisotopic (exact) mass is 599 g/mol. The molecule has 0 radical (unpaired) electrons. The van der Waals surface area contributed by atoms with Crippen molar-refractivity contribution in [1.29, 1.82) is 0 Å². The van der Waals surface area contributed by atoms with Crippen LogP contribution in [-0.4, -0.2) is 66.1 Å². The van der Waals surface area contributed by atoms with Gasteiger partial charge in [0, 0.05) is 38.3 Å². The summed E-state index contributed by atoms with van der Waals surface area (Å²) in [6, 6.07) is 14.6. The van der Waals surface area contributed by atoms with Crippen molar-refractivity contribution in [3.63, 3.8) is 0 Å². The molecule has 2 aliphatic heterocycles. The zero-order valence-electron chi connectivity index (χ0n) is 23.7. The quantitative estimate of drug-likeness (QED) is 0.375. The number of fused-ring (bicyclic) bond motifs is 1. The second-order valence-corrected chi connectivity index (χ2v) is 11.0. The molecule has 2 amide bonds. The first-order valence-corrected chi connectivity index (χ1v) is 14.1. The normalized spacial score (nSPS) is 21.0. The lowest BCUT2D eigenvalue weighted by Gasteiger charge is -2.48. The highest BCUT2D eigenvalue weighted by atomic mass is 19.4. The summed E-state index contributed by atoms with van der Waals surface area (Å²) in [4.78, 5) is 31.8. The molecule has 3 aromatic rings. The van der Waals surface area contributed by atoms with Gasteiger partial charge in [0.1, 0.15) is 5.82 Å². The molecule has 228 valence electrons. The fourth-order valence-electron chi connectivity index (χ4n) is 6.02. The van der Waals surface area contributed by atoms with Crippen molar-refractivity contribution in [3.05, 3.63) is 106 Å². The highest BCUT2D eigenvalue weighted by Gasteiger charge is 2.53. The van der Waals surface area contributed by atoms with E-state index >= 15 is 0 Å². The number of amides is 2. The smallest absolute Gasteiger partial charge is 0.392 e. The maximum Gasteiger partial charge on any atom is 0.416 e. The molecule has 0 unspecified atom stereocenters. The van der Waals surface area contributed by atoms with Gasteiger partial charge in [0.25, 0.3) is 5.91 Å². The number of halogens is 4. The Labute approximate surface area is 247 Å². The summed E-state index contributed by atoms with van der Waals surface area (Å²) < 4.78 is 60.5. The average Bonchev–Trinajstić information content (AvgIpc) is 3.00. The molecule has 43 heavy (non-hydrogen) atoms. The minimum Gasteiger partial charge on any atom is -0.392 e. The van der Waals surface area contributed by atoms with Crippen LogP contribution in [0, 0.1) is 5.82 Å². The largest absolute Gasteiger partial charge is 0.416 e. The molecule has 1 fully saturated rings. The molecule has 5 rings (SSSR count). The lowest BCUT2D eigenvalue weighted by Crippen LogP contribution is -2.57. The van der Waals surface area contributed by atoms with Gasteiger partial charge in [-0.1, -0.05) is 42.5 Å². The fraction of sp³-hybridized carbons (Fsp3) is 0.375. The molecule has 0 spiro atoms. The summed E-state index contributed by atoms with van der Waals surface area (Å²) in [5, 5.41) is 12.6. The van der Waals surface area contributed by atoms with E-state index in [0.29, 0.717) is 49.1 Å². The zero-order valence-corrected chi connectivity index (χ0v) is 23.7. The second-order valence-electron chi connectivity index (χ2n) is 11.0. The van der Waals surface area contributed by atoms with Gasteiger partial charge in [-0.3, -0.25) is 14.5 Å². The van der Waals surface area contributed by atoms with Crippen molar-refractivity contribution in [2.45, 2.75) is 37.7 Å². The topological polar surface area (TPSA) is 82.1 Å². The third-order valence-electron chi connectivity index (χ3n) is 8.24. The number of aliphatic hydroxyl groups excluding tert-OH is 1. The summed E-state index contributed by atoms with van der Waals surface area (Å²) in [5.74, 6) is -1.94. The van der Waals surface area contributed by atoms with Gasteiger partial charge in [-0.15, -0.1) is 0 Å². The maximum absolute atomic E-state index is 14.4. The summed E-state index contributed by atoms with van der Waals surface area (Å²) in [6.07, 6.45) is -4.79. The van der Waals surface area contributed by atoms with E-state index in [4.69, 9.17) is 4.74 Å². The first-order chi connectivity index (χ1) is 20.5. The number of hydrogen-bond donors (Lipinski definition) is 2. The summed E-state index contributed by atoms with van der Waals surface area (Å²) >= 11 is 0. The number of rotatable bonds is 8. The van der Waals surface area contributed by atoms with E-state index in [9.17, 15) is 32.3 Å². The number of morpholine rings is 1. The van der Waals surface area contributed by atoms with Crippen molar-refractivity contribution >= 4 is 11.8 Å². The van der Waals surface area contributed by atoms with E-state index < -0.39 is 34.9 Å². The molecule has 11 heteroatoms. The van der Waals surface area contributed by atoms with Crippen LogP contribution in [0.15, 0.2) is 66.7 Å². The number of benzene rings is 3. The number of nitrogens with zero attached hydrogens (tertiary/aromatic N) is 2. The Morgan fingerprint density at radius 1 is 1.05 bits per heavy atom. The first kappa shape index (κ1) is 30.7. The van der Waals surface area contributed by atoms with Crippen LogP contribution in [0.2, 0.25) is 0 Å². The second kappa shape index (κ2) is 12.4. The molecular weight excluding hydrogens is 566 g/mol. The minimum absolute atomic E-state index is 0.0629. The predicted octanol–water partition coefficient (Wildman–Crippen LogP) is 4.44. The summed E-state index contributed by atoms with van der Waals surface area (Å²) in [7, 11) is 0. The van der Waals surface area contributed by atoms with Gasteiger partial charge in [-0.25, -0.2) is 4.39 Å². The Balaban J connectivity index is 1.58. The third-order valence-corrected chi connectivity index (χ3v) is 8.24. The van der Waals surface area contributed by atoms with Crippen molar-refractivity contribution in [3.8, 4) is 0 Å². The van der Waals surface area contributed by atoms with E-state index in [1.54, 1.807) is 55.5 Å². The van der Waals surface area contributed by atoms with E-state index in [-0.39, 0.29) is 30.2 Å². The first-order valence-electron chi connectivity index (χ1n) is 14.1. The van der Waals surface area contributed by atoms with Crippen molar-refractivity contribution in [2.24, 2.45) is 0 Å². The van der Waals surface area contributed by atoms with Gasteiger partial charge in [0.15, 0.2) is 0 Å². The Bertz CT molecular complexity index is 1470. The average molecular weight is 600 g/mol. The molecule has 0 saturated carbocycles. The number of aliphatic hydroxyl groups is 1. The van der Waals surface area contributed by atoms with Gasteiger partial charge in [0.05, 0.1) is 36.8 Å². The lowest BCUT2D eigenvalue weighted by molar-refractivity contribution is -0.137. The Hall–Kier alpha value is -3.80. The lowest BCUT2D eigenvalue weighted by atomic mass is 9.67. The van der Waals surface area contributed by atoms with Gasteiger partial charge in [-0.2, -0.15) is 13.2 Å². The molecule has 0 aromatic heterocycles. The zero-order chi connectivity index (χ0) is 30.8. The van der Waals surface area contributed by atoms with Crippen LogP contribution in [0.5, 0.6) is 0 Å². The van der Waals surface area contributed by atoms with Gasteiger partial charge < -0.3 is 20.1 Å². The Morgan fingerprint density at radius 3 is 2.42 bits per heavy atom. The highest BCUT2D eigenvalue weighted by Crippen LogP contribution is 2.48. The van der Waals surface area contributed by atoms with Crippen LogP contribution in [0.1, 0.15) is 51.1 Å². The van der Waals surface area contributed by atoms with Crippen LogP contribution in [0.4, 0.5) is 17.6 Å².